The van der Waals surface area contributed by atoms with Crippen LogP contribution < -0.4 is 5.32 Å². The lowest BCUT2D eigenvalue weighted by Crippen LogP contribution is -2.15. The summed E-state index contributed by atoms with van der Waals surface area (Å²) in [4.78, 5) is 1.21. The molecule has 0 aliphatic heterocycles. The Morgan fingerprint density at radius 2 is 2.00 bits per heavy atom. The molecule has 0 aliphatic carbocycles. The molecule has 2 heterocycles. The van der Waals surface area contributed by atoms with E-state index in [9.17, 15) is 0 Å². The first-order chi connectivity index (χ1) is 12.4. The second kappa shape index (κ2) is 9.51. The molecule has 0 saturated heterocycles. The number of nitrogens with zero attached hydrogens (tertiary/aromatic N) is 2. The minimum absolute atomic E-state index is 0.802. The van der Waals surface area contributed by atoms with Gasteiger partial charge < -0.3 is 10.1 Å². The third-order valence-corrected chi connectivity index (χ3v) is 4.85. The highest BCUT2D eigenvalue weighted by molar-refractivity contribution is 7.13. The van der Waals surface area contributed by atoms with Crippen LogP contribution in [0.15, 0.2) is 54.0 Å². The molecule has 3 rings (SSSR count). The van der Waals surface area contributed by atoms with Crippen LogP contribution in [-0.2, 0) is 11.3 Å². The zero-order valence-corrected chi connectivity index (χ0v) is 15.5. The molecule has 2 aromatic heterocycles. The van der Waals surface area contributed by atoms with E-state index in [1.165, 1.54) is 10.4 Å². The monoisotopic (exact) mass is 355 g/mol. The first kappa shape index (κ1) is 17.9. The van der Waals surface area contributed by atoms with Crippen molar-refractivity contribution in [1.29, 1.82) is 0 Å². The molecule has 1 aromatic carbocycles. The Bertz CT molecular complexity index is 738. The van der Waals surface area contributed by atoms with Gasteiger partial charge in [-0.1, -0.05) is 24.3 Å². The summed E-state index contributed by atoms with van der Waals surface area (Å²) in [6.07, 6.45) is 4.36. The number of aromatic nitrogens is 2. The lowest BCUT2D eigenvalue weighted by Gasteiger charge is -2.05. The molecule has 4 nitrogen and oxygen atoms in total. The minimum Gasteiger partial charge on any atom is -0.382 e. The third kappa shape index (κ3) is 5.01. The van der Waals surface area contributed by atoms with Gasteiger partial charge in [0, 0.05) is 31.5 Å². The van der Waals surface area contributed by atoms with E-state index in [-0.39, 0.29) is 0 Å². The molecule has 0 radical (unpaired) electrons. The van der Waals surface area contributed by atoms with E-state index in [2.05, 4.69) is 41.2 Å². The normalized spacial score (nSPS) is 11.1. The predicted octanol–water partition coefficient (Wildman–Crippen LogP) is 4.51. The first-order valence-electron chi connectivity index (χ1n) is 8.85. The lowest BCUT2D eigenvalue weighted by atomic mass is 10.2. The Morgan fingerprint density at radius 3 is 2.76 bits per heavy atom. The van der Waals surface area contributed by atoms with Crippen molar-refractivity contribution < 1.29 is 4.74 Å². The number of para-hydroxylation sites is 1. The van der Waals surface area contributed by atoms with Crippen LogP contribution in [0.1, 0.15) is 25.3 Å². The molecule has 25 heavy (non-hydrogen) atoms. The zero-order valence-electron chi connectivity index (χ0n) is 14.6. The number of unbranched alkanes of at least 4 members (excludes halogenated alkanes) is 1. The Balaban J connectivity index is 1.66. The van der Waals surface area contributed by atoms with Gasteiger partial charge in [-0.15, -0.1) is 11.3 Å². The van der Waals surface area contributed by atoms with E-state index < -0.39 is 0 Å². The highest BCUT2D eigenvalue weighted by atomic mass is 32.1. The van der Waals surface area contributed by atoms with Gasteiger partial charge in [-0.2, -0.15) is 5.10 Å². The van der Waals surface area contributed by atoms with E-state index >= 15 is 0 Å². The molecule has 0 bridgehead atoms. The Morgan fingerprint density at radius 1 is 1.12 bits per heavy atom. The van der Waals surface area contributed by atoms with Crippen molar-refractivity contribution in [3.05, 3.63) is 59.6 Å². The fourth-order valence-corrected chi connectivity index (χ4v) is 3.44. The maximum atomic E-state index is 5.38. The van der Waals surface area contributed by atoms with E-state index in [0.717, 1.165) is 50.5 Å². The summed E-state index contributed by atoms with van der Waals surface area (Å²) in [6.45, 7) is 5.51. The third-order valence-electron chi connectivity index (χ3n) is 3.98. The van der Waals surface area contributed by atoms with Crippen LogP contribution in [0.25, 0.3) is 16.3 Å². The smallest absolute Gasteiger partial charge is 0.107 e. The SMILES string of the molecule is CCOCCCCNCc1cn(-c2ccccc2)nc1-c1cccs1. The molecule has 0 unspecified atom stereocenters. The predicted molar refractivity (Wildman–Crippen MR) is 104 cm³/mol. The van der Waals surface area contributed by atoms with Crippen molar-refractivity contribution in [3.63, 3.8) is 0 Å². The molecule has 132 valence electrons. The number of thiophene rings is 1. The standard InChI is InChI=1S/C20H25N3OS/c1-2-24-13-7-6-12-21-15-17-16-23(18-9-4-3-5-10-18)22-20(17)19-11-8-14-25-19/h3-5,8-11,14,16,21H,2,6-7,12-13,15H2,1H3. The average Bonchev–Trinajstić information content (AvgIpc) is 3.31. The number of hydrogen-bond acceptors (Lipinski definition) is 4. The van der Waals surface area contributed by atoms with Gasteiger partial charge in [0.25, 0.3) is 0 Å². The van der Waals surface area contributed by atoms with Crippen molar-refractivity contribution in [1.82, 2.24) is 15.1 Å². The molecule has 0 saturated carbocycles. The van der Waals surface area contributed by atoms with Crippen LogP contribution >= 0.6 is 11.3 Å². The molecule has 0 fully saturated rings. The minimum atomic E-state index is 0.802. The van der Waals surface area contributed by atoms with E-state index in [1.54, 1.807) is 11.3 Å². The summed E-state index contributed by atoms with van der Waals surface area (Å²) in [7, 11) is 0. The summed E-state index contributed by atoms with van der Waals surface area (Å²) < 4.78 is 7.35. The summed E-state index contributed by atoms with van der Waals surface area (Å²) in [5.41, 5.74) is 3.39. The van der Waals surface area contributed by atoms with Gasteiger partial charge in [-0.05, 0) is 49.9 Å². The van der Waals surface area contributed by atoms with E-state index in [1.807, 2.05) is 29.8 Å². The summed E-state index contributed by atoms with van der Waals surface area (Å²) in [5.74, 6) is 0. The van der Waals surface area contributed by atoms with Gasteiger partial charge in [0.05, 0.1) is 10.6 Å². The number of rotatable bonds is 10. The highest BCUT2D eigenvalue weighted by Crippen LogP contribution is 2.27. The second-order valence-electron chi connectivity index (χ2n) is 5.84. The second-order valence-corrected chi connectivity index (χ2v) is 6.79. The molecule has 0 spiro atoms. The van der Waals surface area contributed by atoms with Crippen LogP contribution in [0.2, 0.25) is 0 Å². The quantitative estimate of drug-likeness (QED) is 0.544. The van der Waals surface area contributed by atoms with E-state index in [4.69, 9.17) is 9.84 Å². The first-order valence-corrected chi connectivity index (χ1v) is 9.72. The molecule has 1 N–H and O–H groups in total. The van der Waals surface area contributed by atoms with Gasteiger partial charge in [-0.3, -0.25) is 0 Å². The Kier molecular flexibility index (Phi) is 6.79. The fourth-order valence-electron chi connectivity index (χ4n) is 2.69. The van der Waals surface area contributed by atoms with Gasteiger partial charge >= 0.3 is 0 Å². The van der Waals surface area contributed by atoms with Crippen molar-refractivity contribution in [2.24, 2.45) is 0 Å². The van der Waals surface area contributed by atoms with Crippen molar-refractivity contribution >= 4 is 11.3 Å². The largest absolute Gasteiger partial charge is 0.382 e. The van der Waals surface area contributed by atoms with Crippen LogP contribution in [0.5, 0.6) is 0 Å². The Hall–Kier alpha value is -1.95. The number of hydrogen-bond donors (Lipinski definition) is 1. The molecule has 0 aliphatic rings. The molecule has 0 amide bonds. The summed E-state index contributed by atoms with van der Waals surface area (Å²) >= 11 is 1.73. The number of nitrogens with one attached hydrogen (secondary N) is 1. The fraction of sp³-hybridized carbons (Fsp3) is 0.350. The zero-order chi connectivity index (χ0) is 17.3. The summed E-state index contributed by atoms with van der Waals surface area (Å²) in [5, 5.41) is 10.5. The molecular weight excluding hydrogens is 330 g/mol. The maximum Gasteiger partial charge on any atom is 0.107 e. The number of ether oxygens (including phenoxy) is 1. The van der Waals surface area contributed by atoms with Gasteiger partial charge in [0.1, 0.15) is 5.69 Å². The number of benzene rings is 1. The van der Waals surface area contributed by atoms with Crippen LogP contribution in [0.4, 0.5) is 0 Å². The van der Waals surface area contributed by atoms with Crippen LogP contribution in [0.3, 0.4) is 0 Å². The van der Waals surface area contributed by atoms with Gasteiger partial charge in [0.2, 0.25) is 0 Å². The molecule has 3 aromatic rings. The van der Waals surface area contributed by atoms with Crippen molar-refractivity contribution in [2.75, 3.05) is 19.8 Å². The molecular formula is C20H25N3OS. The summed E-state index contributed by atoms with van der Waals surface area (Å²) in [6, 6.07) is 14.5. The average molecular weight is 356 g/mol. The molecule has 0 atom stereocenters. The van der Waals surface area contributed by atoms with Crippen LogP contribution in [0, 0.1) is 0 Å². The molecule has 5 heteroatoms. The van der Waals surface area contributed by atoms with Crippen molar-refractivity contribution in [3.8, 4) is 16.3 Å². The lowest BCUT2D eigenvalue weighted by molar-refractivity contribution is 0.143. The Labute approximate surface area is 153 Å². The van der Waals surface area contributed by atoms with Gasteiger partial charge in [-0.25, -0.2) is 4.68 Å². The van der Waals surface area contributed by atoms with Gasteiger partial charge in [0.15, 0.2) is 0 Å². The van der Waals surface area contributed by atoms with E-state index in [0.29, 0.717) is 0 Å². The highest BCUT2D eigenvalue weighted by Gasteiger charge is 2.12. The maximum absolute atomic E-state index is 5.38. The topological polar surface area (TPSA) is 39.1 Å². The van der Waals surface area contributed by atoms with Crippen molar-refractivity contribution in [2.45, 2.75) is 26.3 Å². The van der Waals surface area contributed by atoms with Crippen LogP contribution in [-0.4, -0.2) is 29.5 Å².